The Morgan fingerprint density at radius 3 is 2.48 bits per heavy atom. The van der Waals surface area contributed by atoms with Gasteiger partial charge in [0.1, 0.15) is 11.4 Å². The fourth-order valence-corrected chi connectivity index (χ4v) is 2.76. The predicted octanol–water partition coefficient (Wildman–Crippen LogP) is 0.0661. The summed E-state index contributed by atoms with van der Waals surface area (Å²) in [5.74, 6) is 0.0313. The third-order valence-electron chi connectivity index (χ3n) is 4.07. The van der Waals surface area contributed by atoms with Crippen molar-refractivity contribution in [3.63, 3.8) is 0 Å². The Hall–Kier alpha value is -1.99. The lowest BCUT2D eigenvalue weighted by Crippen LogP contribution is -2.57. The molecule has 116 valence electrons. The average molecular weight is 294 g/mol. The molecule has 2 amide bonds. The van der Waals surface area contributed by atoms with Crippen molar-refractivity contribution < 1.29 is 9.59 Å². The first kappa shape index (κ1) is 15.4. The Kier molecular flexibility index (Phi) is 4.87. The number of carbonyl (C=O) groups is 2. The van der Waals surface area contributed by atoms with Gasteiger partial charge in [0.05, 0.1) is 6.54 Å². The molecule has 1 aromatic rings. The molecule has 0 unspecified atom stereocenters. The summed E-state index contributed by atoms with van der Waals surface area (Å²) in [5.41, 5.74) is 4.66. The smallest absolute Gasteiger partial charge is 0.243 e. The molecule has 1 heterocycles. The van der Waals surface area contributed by atoms with Crippen LogP contribution < -0.4 is 11.1 Å². The van der Waals surface area contributed by atoms with Gasteiger partial charge in [0, 0.05) is 6.42 Å². The van der Waals surface area contributed by atoms with Crippen molar-refractivity contribution in [2.24, 2.45) is 5.73 Å². The molecule has 0 spiro atoms. The van der Waals surface area contributed by atoms with E-state index in [1.165, 1.54) is 0 Å². The summed E-state index contributed by atoms with van der Waals surface area (Å²) in [4.78, 5) is 24.0. The molecule has 0 bridgehead atoms. The average Bonchev–Trinajstić information content (AvgIpc) is 2.70. The van der Waals surface area contributed by atoms with Crippen molar-refractivity contribution in [2.45, 2.75) is 64.0 Å². The first-order valence-corrected chi connectivity index (χ1v) is 7.37. The SMILES string of the molecule is Cc1nnnn1CCC(=O)NC1(C(N)=O)CCCCCC1. The van der Waals surface area contributed by atoms with Crippen molar-refractivity contribution in [1.29, 1.82) is 0 Å². The molecule has 1 aliphatic rings. The summed E-state index contributed by atoms with van der Waals surface area (Å²) < 4.78 is 1.56. The van der Waals surface area contributed by atoms with Crippen LogP contribution in [0.2, 0.25) is 0 Å². The lowest BCUT2D eigenvalue weighted by molar-refractivity contribution is -0.132. The van der Waals surface area contributed by atoms with E-state index in [9.17, 15) is 9.59 Å². The number of rotatable bonds is 5. The second-order valence-electron chi connectivity index (χ2n) is 5.61. The molecule has 1 aromatic heterocycles. The second kappa shape index (κ2) is 6.64. The van der Waals surface area contributed by atoms with Gasteiger partial charge in [0.25, 0.3) is 0 Å². The molecule has 21 heavy (non-hydrogen) atoms. The summed E-state index contributed by atoms with van der Waals surface area (Å²) in [7, 11) is 0. The van der Waals surface area contributed by atoms with E-state index in [-0.39, 0.29) is 12.3 Å². The Morgan fingerprint density at radius 2 is 1.95 bits per heavy atom. The zero-order valence-corrected chi connectivity index (χ0v) is 12.3. The van der Waals surface area contributed by atoms with Gasteiger partial charge in [-0.3, -0.25) is 9.59 Å². The molecular formula is C13H22N6O2. The van der Waals surface area contributed by atoms with Gasteiger partial charge in [-0.1, -0.05) is 25.7 Å². The number of hydrogen-bond donors (Lipinski definition) is 2. The van der Waals surface area contributed by atoms with E-state index in [2.05, 4.69) is 20.8 Å². The maximum absolute atomic E-state index is 12.1. The summed E-state index contributed by atoms with van der Waals surface area (Å²) in [5, 5.41) is 13.9. The van der Waals surface area contributed by atoms with Crippen LogP contribution in [0.4, 0.5) is 0 Å². The molecule has 3 N–H and O–H groups in total. The van der Waals surface area contributed by atoms with Crippen LogP contribution >= 0.6 is 0 Å². The van der Waals surface area contributed by atoms with E-state index >= 15 is 0 Å². The van der Waals surface area contributed by atoms with Gasteiger partial charge in [-0.25, -0.2) is 4.68 Å². The molecular weight excluding hydrogens is 272 g/mol. The van der Waals surface area contributed by atoms with E-state index in [0.717, 1.165) is 25.7 Å². The normalized spacial score (nSPS) is 18.0. The summed E-state index contributed by atoms with van der Waals surface area (Å²) >= 11 is 0. The Bertz CT molecular complexity index is 505. The number of carbonyl (C=O) groups excluding carboxylic acids is 2. The molecule has 2 rings (SSSR count). The number of nitrogens with two attached hydrogens (primary N) is 1. The molecule has 1 aliphatic carbocycles. The van der Waals surface area contributed by atoms with Crippen molar-refractivity contribution in [1.82, 2.24) is 25.5 Å². The van der Waals surface area contributed by atoms with Crippen LogP contribution in [0.5, 0.6) is 0 Å². The number of amides is 2. The van der Waals surface area contributed by atoms with Gasteiger partial charge in [0.15, 0.2) is 0 Å². The lowest BCUT2D eigenvalue weighted by Gasteiger charge is -2.30. The molecule has 0 saturated heterocycles. The largest absolute Gasteiger partial charge is 0.368 e. The van der Waals surface area contributed by atoms with E-state index in [1.54, 1.807) is 11.6 Å². The van der Waals surface area contributed by atoms with Crippen molar-refractivity contribution >= 4 is 11.8 Å². The highest BCUT2D eigenvalue weighted by Gasteiger charge is 2.38. The van der Waals surface area contributed by atoms with Crippen LogP contribution in [0.25, 0.3) is 0 Å². The van der Waals surface area contributed by atoms with E-state index in [0.29, 0.717) is 25.2 Å². The van der Waals surface area contributed by atoms with Crippen LogP contribution in [0.1, 0.15) is 50.8 Å². The molecule has 0 atom stereocenters. The number of aryl methyl sites for hydroxylation is 2. The van der Waals surface area contributed by atoms with Crippen LogP contribution in [0.15, 0.2) is 0 Å². The molecule has 8 heteroatoms. The zero-order chi connectivity index (χ0) is 15.3. The number of aromatic nitrogens is 4. The number of tetrazole rings is 1. The van der Waals surface area contributed by atoms with Gasteiger partial charge in [-0.05, 0) is 30.2 Å². The van der Waals surface area contributed by atoms with E-state index < -0.39 is 11.4 Å². The molecule has 1 fully saturated rings. The minimum absolute atomic E-state index is 0.189. The minimum atomic E-state index is -0.886. The van der Waals surface area contributed by atoms with Gasteiger partial charge in [-0.2, -0.15) is 0 Å². The van der Waals surface area contributed by atoms with Crippen LogP contribution in [-0.4, -0.2) is 37.6 Å². The molecule has 0 aliphatic heterocycles. The first-order valence-electron chi connectivity index (χ1n) is 7.37. The number of nitrogens with one attached hydrogen (secondary N) is 1. The maximum Gasteiger partial charge on any atom is 0.243 e. The maximum atomic E-state index is 12.1. The van der Waals surface area contributed by atoms with Crippen molar-refractivity contribution in [3.05, 3.63) is 5.82 Å². The Labute approximate surface area is 123 Å². The third kappa shape index (κ3) is 3.77. The van der Waals surface area contributed by atoms with Gasteiger partial charge in [-0.15, -0.1) is 5.10 Å². The summed E-state index contributed by atoms with van der Waals surface area (Å²) in [6.45, 7) is 2.16. The van der Waals surface area contributed by atoms with Crippen LogP contribution in [0, 0.1) is 6.92 Å². The van der Waals surface area contributed by atoms with Crippen LogP contribution in [-0.2, 0) is 16.1 Å². The Balaban J connectivity index is 1.95. The first-order chi connectivity index (χ1) is 10.0. The molecule has 1 saturated carbocycles. The molecule has 8 nitrogen and oxygen atoms in total. The third-order valence-corrected chi connectivity index (χ3v) is 4.07. The second-order valence-corrected chi connectivity index (χ2v) is 5.61. The number of nitrogens with zero attached hydrogens (tertiary/aromatic N) is 4. The summed E-state index contributed by atoms with van der Waals surface area (Å²) in [6, 6.07) is 0. The van der Waals surface area contributed by atoms with E-state index in [4.69, 9.17) is 5.73 Å². The lowest BCUT2D eigenvalue weighted by atomic mass is 9.89. The quantitative estimate of drug-likeness (QED) is 0.745. The Morgan fingerprint density at radius 1 is 1.29 bits per heavy atom. The highest BCUT2D eigenvalue weighted by Crippen LogP contribution is 2.27. The van der Waals surface area contributed by atoms with Crippen LogP contribution in [0.3, 0.4) is 0 Å². The van der Waals surface area contributed by atoms with Crippen molar-refractivity contribution in [2.75, 3.05) is 0 Å². The highest BCUT2D eigenvalue weighted by molar-refractivity contribution is 5.90. The van der Waals surface area contributed by atoms with Gasteiger partial charge < -0.3 is 11.1 Å². The molecule has 0 aromatic carbocycles. The molecule has 0 radical (unpaired) electrons. The number of primary amides is 1. The van der Waals surface area contributed by atoms with Gasteiger partial charge >= 0.3 is 0 Å². The fourth-order valence-electron chi connectivity index (χ4n) is 2.76. The minimum Gasteiger partial charge on any atom is -0.368 e. The fraction of sp³-hybridized carbons (Fsp3) is 0.769. The van der Waals surface area contributed by atoms with Crippen molar-refractivity contribution in [3.8, 4) is 0 Å². The van der Waals surface area contributed by atoms with E-state index in [1.807, 2.05) is 0 Å². The van der Waals surface area contributed by atoms with Gasteiger partial charge in [0.2, 0.25) is 11.8 Å². The highest BCUT2D eigenvalue weighted by atomic mass is 16.2. The predicted molar refractivity (Wildman–Crippen MR) is 74.9 cm³/mol. The monoisotopic (exact) mass is 294 g/mol. The standard InChI is InChI=1S/C13H22N6O2/c1-10-16-17-18-19(10)9-6-11(20)15-13(12(14)21)7-4-2-3-5-8-13/h2-9H2,1H3,(H2,14,21)(H,15,20). The summed E-state index contributed by atoms with van der Waals surface area (Å²) in [6.07, 6.45) is 5.45. The zero-order valence-electron chi connectivity index (χ0n) is 12.3. The topological polar surface area (TPSA) is 116 Å². The number of hydrogen-bond acceptors (Lipinski definition) is 5.